The number of hydrogen-bond donors (Lipinski definition) is 1. The molecule has 33 heavy (non-hydrogen) atoms. The molecule has 1 saturated heterocycles. The number of nitrogens with one attached hydrogen (secondary N) is 1. The fourth-order valence-electron chi connectivity index (χ4n) is 3.83. The first kappa shape index (κ1) is 21.0. The van der Waals surface area contributed by atoms with Crippen molar-refractivity contribution in [1.29, 1.82) is 0 Å². The SMILES string of the molecule is CN(c1ccc2cc(NC(=O)c3ncc(-c4ccc(F)cc4)cn3)ccc2n1)C1CCOC1. The highest BCUT2D eigenvalue weighted by Gasteiger charge is 2.21. The van der Waals surface area contributed by atoms with Crippen LogP contribution in [0.5, 0.6) is 0 Å². The smallest absolute Gasteiger partial charge is 0.293 e. The van der Waals surface area contributed by atoms with Gasteiger partial charge in [-0.25, -0.2) is 19.3 Å². The zero-order valence-electron chi connectivity index (χ0n) is 18.0. The topological polar surface area (TPSA) is 80.2 Å². The first-order valence-electron chi connectivity index (χ1n) is 10.7. The van der Waals surface area contributed by atoms with Gasteiger partial charge in [-0.3, -0.25) is 4.79 Å². The maximum Gasteiger partial charge on any atom is 0.293 e. The van der Waals surface area contributed by atoms with Crippen LogP contribution < -0.4 is 10.2 Å². The van der Waals surface area contributed by atoms with Crippen LogP contribution in [0.3, 0.4) is 0 Å². The van der Waals surface area contributed by atoms with Crippen LogP contribution in [0.4, 0.5) is 15.9 Å². The third-order valence-electron chi connectivity index (χ3n) is 5.78. The van der Waals surface area contributed by atoms with Crippen LogP contribution in [-0.4, -0.2) is 47.2 Å². The number of likely N-dealkylation sites (N-methyl/N-ethyl adjacent to an activating group) is 1. The van der Waals surface area contributed by atoms with E-state index in [2.05, 4.69) is 20.2 Å². The van der Waals surface area contributed by atoms with E-state index >= 15 is 0 Å². The van der Waals surface area contributed by atoms with Gasteiger partial charge in [0.15, 0.2) is 0 Å². The van der Waals surface area contributed by atoms with E-state index in [4.69, 9.17) is 9.72 Å². The van der Waals surface area contributed by atoms with Crippen LogP contribution in [0.25, 0.3) is 22.0 Å². The van der Waals surface area contributed by atoms with E-state index in [0.29, 0.717) is 23.9 Å². The summed E-state index contributed by atoms with van der Waals surface area (Å²) >= 11 is 0. The number of benzene rings is 2. The second kappa shape index (κ2) is 8.91. The molecule has 2 aromatic heterocycles. The standard InChI is InChI=1S/C25H22FN5O2/c1-31(21-10-11-33-15-21)23-9-4-17-12-20(7-8-22(17)30-23)29-25(32)24-27-13-18(14-28-24)16-2-5-19(26)6-3-16/h2-9,12-14,21H,10-11,15H2,1H3,(H,29,32). The summed E-state index contributed by atoms with van der Waals surface area (Å²) in [5.41, 5.74) is 2.95. The molecule has 0 spiro atoms. The molecule has 1 atom stereocenters. The van der Waals surface area contributed by atoms with E-state index in [0.717, 1.165) is 35.3 Å². The van der Waals surface area contributed by atoms with Crippen LogP contribution in [0.2, 0.25) is 0 Å². The molecule has 1 fully saturated rings. The lowest BCUT2D eigenvalue weighted by Crippen LogP contribution is -2.32. The monoisotopic (exact) mass is 443 g/mol. The summed E-state index contributed by atoms with van der Waals surface area (Å²) in [6.07, 6.45) is 4.09. The van der Waals surface area contributed by atoms with Gasteiger partial charge in [-0.1, -0.05) is 12.1 Å². The van der Waals surface area contributed by atoms with Crippen molar-refractivity contribution >= 4 is 28.3 Å². The van der Waals surface area contributed by atoms with E-state index in [1.807, 2.05) is 37.4 Å². The Bertz CT molecular complexity index is 1290. The lowest BCUT2D eigenvalue weighted by molar-refractivity contribution is 0.101. The first-order chi connectivity index (χ1) is 16.1. The normalized spacial score (nSPS) is 15.5. The molecule has 2 aromatic carbocycles. The summed E-state index contributed by atoms with van der Waals surface area (Å²) in [4.78, 5) is 27.8. The van der Waals surface area contributed by atoms with Crippen molar-refractivity contribution in [3.05, 3.63) is 78.6 Å². The van der Waals surface area contributed by atoms with Crippen LogP contribution in [0, 0.1) is 5.82 Å². The van der Waals surface area contributed by atoms with E-state index in [1.165, 1.54) is 12.1 Å². The van der Waals surface area contributed by atoms with Crippen molar-refractivity contribution in [3.63, 3.8) is 0 Å². The van der Waals surface area contributed by atoms with Crippen LogP contribution in [-0.2, 0) is 4.74 Å². The number of pyridine rings is 1. The lowest BCUT2D eigenvalue weighted by atomic mass is 10.1. The average molecular weight is 443 g/mol. The average Bonchev–Trinajstić information content (AvgIpc) is 3.39. The van der Waals surface area contributed by atoms with Gasteiger partial charge >= 0.3 is 0 Å². The van der Waals surface area contributed by atoms with E-state index in [-0.39, 0.29) is 11.6 Å². The summed E-state index contributed by atoms with van der Waals surface area (Å²) in [7, 11) is 2.03. The molecule has 1 aliphatic rings. The second-order valence-corrected chi connectivity index (χ2v) is 7.96. The minimum Gasteiger partial charge on any atom is -0.379 e. The predicted octanol–water partition coefficient (Wildman–Crippen LogP) is 4.31. The molecule has 3 heterocycles. The van der Waals surface area contributed by atoms with Crippen molar-refractivity contribution in [2.45, 2.75) is 12.5 Å². The summed E-state index contributed by atoms with van der Waals surface area (Å²) in [5, 5.41) is 3.75. The first-order valence-corrected chi connectivity index (χ1v) is 10.7. The molecule has 1 N–H and O–H groups in total. The number of halogens is 1. The van der Waals surface area contributed by atoms with Crippen LogP contribution in [0.1, 0.15) is 17.0 Å². The van der Waals surface area contributed by atoms with Crippen LogP contribution in [0.15, 0.2) is 67.0 Å². The molecule has 166 valence electrons. The largest absolute Gasteiger partial charge is 0.379 e. The second-order valence-electron chi connectivity index (χ2n) is 7.96. The molecule has 0 bridgehead atoms. The number of anilines is 2. The van der Waals surface area contributed by atoms with E-state index in [1.54, 1.807) is 24.5 Å². The Morgan fingerprint density at radius 3 is 2.58 bits per heavy atom. The molecule has 7 nitrogen and oxygen atoms in total. The molecule has 4 aromatic rings. The summed E-state index contributed by atoms with van der Waals surface area (Å²) in [5.74, 6) is 0.220. The van der Waals surface area contributed by atoms with E-state index in [9.17, 15) is 9.18 Å². The highest BCUT2D eigenvalue weighted by Crippen LogP contribution is 2.24. The van der Waals surface area contributed by atoms with Gasteiger partial charge in [0, 0.05) is 42.7 Å². The third-order valence-corrected chi connectivity index (χ3v) is 5.78. The van der Waals surface area contributed by atoms with Gasteiger partial charge in [0.25, 0.3) is 5.91 Å². The third kappa shape index (κ3) is 4.51. The maximum atomic E-state index is 13.1. The number of carbonyl (C=O) groups excluding carboxylic acids is 1. The zero-order valence-corrected chi connectivity index (χ0v) is 18.0. The van der Waals surface area contributed by atoms with Gasteiger partial charge in [-0.05, 0) is 54.4 Å². The summed E-state index contributed by atoms with van der Waals surface area (Å²) in [6.45, 7) is 1.50. The number of amides is 1. The van der Waals surface area contributed by atoms with Gasteiger partial charge in [-0.15, -0.1) is 0 Å². The van der Waals surface area contributed by atoms with Gasteiger partial charge in [-0.2, -0.15) is 0 Å². The summed E-state index contributed by atoms with van der Waals surface area (Å²) < 4.78 is 18.6. The van der Waals surface area contributed by atoms with Crippen LogP contribution >= 0.6 is 0 Å². The molecular formula is C25H22FN5O2. The Morgan fingerprint density at radius 1 is 1.06 bits per heavy atom. The van der Waals surface area contributed by atoms with Crippen molar-refractivity contribution in [1.82, 2.24) is 15.0 Å². The number of rotatable bonds is 5. The number of hydrogen-bond acceptors (Lipinski definition) is 6. The van der Waals surface area contributed by atoms with Gasteiger partial charge in [0.05, 0.1) is 18.2 Å². The van der Waals surface area contributed by atoms with E-state index < -0.39 is 5.91 Å². The minimum atomic E-state index is -0.412. The number of carbonyl (C=O) groups is 1. The molecule has 0 aliphatic carbocycles. The molecule has 5 rings (SSSR count). The molecule has 8 heteroatoms. The number of nitrogens with zero attached hydrogens (tertiary/aromatic N) is 4. The van der Waals surface area contributed by atoms with Gasteiger partial charge < -0.3 is 15.0 Å². The molecule has 1 aliphatic heterocycles. The van der Waals surface area contributed by atoms with Crippen molar-refractivity contribution in [2.75, 3.05) is 30.5 Å². The lowest BCUT2D eigenvalue weighted by Gasteiger charge is -2.24. The zero-order chi connectivity index (χ0) is 22.8. The highest BCUT2D eigenvalue weighted by molar-refractivity contribution is 6.02. The summed E-state index contributed by atoms with van der Waals surface area (Å²) in [6, 6.07) is 15.9. The van der Waals surface area contributed by atoms with Gasteiger partial charge in [0.2, 0.25) is 5.82 Å². The quantitative estimate of drug-likeness (QED) is 0.495. The Hall–Kier alpha value is -3.91. The van der Waals surface area contributed by atoms with Gasteiger partial charge in [0.1, 0.15) is 11.6 Å². The Balaban J connectivity index is 1.29. The molecule has 1 unspecified atom stereocenters. The fraction of sp³-hybridized carbons (Fsp3) is 0.200. The molecule has 0 saturated carbocycles. The Morgan fingerprint density at radius 2 is 1.85 bits per heavy atom. The maximum absolute atomic E-state index is 13.1. The Kier molecular flexibility index (Phi) is 5.66. The van der Waals surface area contributed by atoms with Crippen molar-refractivity contribution in [2.24, 2.45) is 0 Å². The molecule has 0 radical (unpaired) electrons. The Labute approximate surface area is 190 Å². The number of aromatic nitrogens is 3. The number of ether oxygens (including phenoxy) is 1. The molecule has 1 amide bonds. The van der Waals surface area contributed by atoms with Crippen molar-refractivity contribution < 1.29 is 13.9 Å². The minimum absolute atomic E-state index is 0.0508. The molecular weight excluding hydrogens is 421 g/mol. The predicted molar refractivity (Wildman–Crippen MR) is 125 cm³/mol. The highest BCUT2D eigenvalue weighted by atomic mass is 19.1. The number of fused-ring (bicyclic) bond motifs is 1. The van der Waals surface area contributed by atoms with Crippen molar-refractivity contribution in [3.8, 4) is 11.1 Å². The fourth-order valence-corrected chi connectivity index (χ4v) is 3.83.